The predicted octanol–water partition coefficient (Wildman–Crippen LogP) is 2.65. The Balaban J connectivity index is 1.99. The van der Waals surface area contributed by atoms with E-state index in [2.05, 4.69) is 0 Å². The van der Waals surface area contributed by atoms with Gasteiger partial charge in [-0.3, -0.25) is 0 Å². The minimum Gasteiger partial charge on any atom is -0.491 e. The van der Waals surface area contributed by atoms with Gasteiger partial charge in [0.1, 0.15) is 12.4 Å². The van der Waals surface area contributed by atoms with Gasteiger partial charge >= 0.3 is 0 Å². The van der Waals surface area contributed by atoms with E-state index in [1.807, 2.05) is 0 Å². The Morgan fingerprint density at radius 1 is 1.05 bits per heavy atom. The zero-order chi connectivity index (χ0) is 15.3. The van der Waals surface area contributed by atoms with Crippen molar-refractivity contribution in [2.45, 2.75) is 11.4 Å². The molecule has 0 radical (unpaired) electrons. The summed E-state index contributed by atoms with van der Waals surface area (Å²) in [6, 6.07) is 13.5. The molecule has 2 N–H and O–H groups in total. The predicted molar refractivity (Wildman–Crippen MR) is 83.3 cm³/mol. The van der Waals surface area contributed by atoms with Gasteiger partial charge in [0.2, 0.25) is 0 Å². The van der Waals surface area contributed by atoms with E-state index in [9.17, 15) is 8.42 Å². The van der Waals surface area contributed by atoms with Gasteiger partial charge in [-0.15, -0.1) is 0 Å². The number of halogens is 1. The maximum Gasteiger partial charge on any atom is 0.181 e. The van der Waals surface area contributed by atoms with E-state index in [0.717, 1.165) is 5.56 Å². The van der Waals surface area contributed by atoms with E-state index in [1.165, 1.54) is 0 Å². The van der Waals surface area contributed by atoms with Crippen molar-refractivity contribution in [2.24, 2.45) is 5.73 Å². The Kier molecular flexibility index (Phi) is 5.22. The molecule has 0 unspecified atom stereocenters. The zero-order valence-corrected chi connectivity index (χ0v) is 12.9. The van der Waals surface area contributed by atoms with Crippen LogP contribution in [-0.4, -0.2) is 20.8 Å². The molecule has 0 aliphatic rings. The number of ether oxygens (including phenoxy) is 1. The number of rotatable bonds is 6. The summed E-state index contributed by atoms with van der Waals surface area (Å²) in [6.07, 6.45) is 0. The Bertz CT molecular complexity index is 699. The first-order chi connectivity index (χ1) is 10.0. The van der Waals surface area contributed by atoms with Crippen LogP contribution in [0.3, 0.4) is 0 Å². The molecule has 0 atom stereocenters. The van der Waals surface area contributed by atoms with Crippen molar-refractivity contribution >= 4 is 21.4 Å². The molecule has 2 aromatic rings. The topological polar surface area (TPSA) is 69.4 Å². The zero-order valence-electron chi connectivity index (χ0n) is 11.3. The number of sulfone groups is 1. The fourth-order valence-electron chi connectivity index (χ4n) is 1.77. The minimum atomic E-state index is -3.38. The Morgan fingerprint density at radius 3 is 2.33 bits per heavy atom. The highest BCUT2D eigenvalue weighted by Crippen LogP contribution is 2.23. The maximum atomic E-state index is 12.2. The van der Waals surface area contributed by atoms with E-state index in [-0.39, 0.29) is 17.3 Å². The lowest BCUT2D eigenvalue weighted by Gasteiger charge is -2.09. The van der Waals surface area contributed by atoms with Crippen LogP contribution in [0.15, 0.2) is 53.4 Å². The molecule has 0 aliphatic heterocycles. The molecule has 0 heterocycles. The molecular weight excluding hydrogens is 310 g/mol. The van der Waals surface area contributed by atoms with Crippen LogP contribution in [0.2, 0.25) is 5.02 Å². The van der Waals surface area contributed by atoms with Crippen molar-refractivity contribution < 1.29 is 13.2 Å². The molecule has 0 spiro atoms. The lowest BCUT2D eigenvalue weighted by molar-refractivity contribution is 0.341. The van der Waals surface area contributed by atoms with Gasteiger partial charge < -0.3 is 10.5 Å². The summed E-state index contributed by atoms with van der Waals surface area (Å²) in [5, 5.41) is 0.460. The van der Waals surface area contributed by atoms with Crippen LogP contribution >= 0.6 is 11.6 Å². The molecule has 0 saturated heterocycles. The minimum absolute atomic E-state index is 0.0463. The van der Waals surface area contributed by atoms with Crippen LogP contribution in [0.1, 0.15) is 5.56 Å². The second-order valence-corrected chi connectivity index (χ2v) is 6.96. The monoisotopic (exact) mass is 325 g/mol. The fourth-order valence-corrected chi connectivity index (χ4v) is 3.05. The molecule has 21 heavy (non-hydrogen) atoms. The molecule has 0 aliphatic carbocycles. The summed E-state index contributed by atoms with van der Waals surface area (Å²) in [5.41, 5.74) is 6.38. The van der Waals surface area contributed by atoms with Gasteiger partial charge in [0.15, 0.2) is 9.84 Å². The first-order valence-electron chi connectivity index (χ1n) is 6.42. The van der Waals surface area contributed by atoms with Gasteiger partial charge in [-0.05, 0) is 29.8 Å². The smallest absolute Gasteiger partial charge is 0.181 e. The standard InChI is InChI=1S/C15H16ClNO3S/c16-14-3-1-2-4-15(14)20-9-10-21(18,19)13-7-5-12(11-17)6-8-13/h1-8H,9-11,17H2. The van der Waals surface area contributed by atoms with Crippen LogP contribution in [0.25, 0.3) is 0 Å². The molecule has 0 aromatic heterocycles. The van der Waals surface area contributed by atoms with E-state index in [4.69, 9.17) is 22.1 Å². The summed E-state index contributed by atoms with van der Waals surface area (Å²) < 4.78 is 29.7. The molecule has 6 heteroatoms. The summed E-state index contributed by atoms with van der Waals surface area (Å²) in [7, 11) is -3.38. The molecular formula is C15H16ClNO3S. The largest absolute Gasteiger partial charge is 0.491 e. The molecule has 112 valence electrons. The van der Waals surface area contributed by atoms with Crippen molar-refractivity contribution in [3.8, 4) is 5.75 Å². The van der Waals surface area contributed by atoms with Gasteiger partial charge in [-0.2, -0.15) is 0 Å². The van der Waals surface area contributed by atoms with Gasteiger partial charge in [-0.1, -0.05) is 35.9 Å². The third kappa shape index (κ3) is 4.20. The summed E-state index contributed by atoms with van der Waals surface area (Å²) in [5.74, 6) is 0.369. The second-order valence-electron chi connectivity index (χ2n) is 4.45. The van der Waals surface area contributed by atoms with Crippen LogP contribution in [0, 0.1) is 0 Å². The molecule has 0 fully saturated rings. The van der Waals surface area contributed by atoms with Crippen LogP contribution in [0.4, 0.5) is 0 Å². The Labute approximate surface area is 129 Å². The van der Waals surface area contributed by atoms with Crippen molar-refractivity contribution in [1.82, 2.24) is 0 Å². The molecule has 0 bridgehead atoms. The van der Waals surface area contributed by atoms with E-state index in [0.29, 0.717) is 17.3 Å². The highest BCUT2D eigenvalue weighted by molar-refractivity contribution is 7.91. The van der Waals surface area contributed by atoms with Crippen LogP contribution < -0.4 is 10.5 Å². The van der Waals surface area contributed by atoms with E-state index < -0.39 is 9.84 Å². The normalized spacial score (nSPS) is 11.3. The Hall–Kier alpha value is -1.56. The third-order valence-corrected chi connectivity index (χ3v) is 4.97. The Morgan fingerprint density at radius 2 is 1.71 bits per heavy atom. The quantitative estimate of drug-likeness (QED) is 0.886. The second kappa shape index (κ2) is 6.93. The molecule has 0 saturated carbocycles. The summed E-state index contributed by atoms with van der Waals surface area (Å²) in [4.78, 5) is 0.266. The number of para-hydroxylation sites is 1. The fraction of sp³-hybridized carbons (Fsp3) is 0.200. The van der Waals surface area contributed by atoms with Crippen LogP contribution in [0.5, 0.6) is 5.75 Å². The van der Waals surface area contributed by atoms with Gasteiger partial charge in [0.25, 0.3) is 0 Å². The van der Waals surface area contributed by atoms with E-state index in [1.54, 1.807) is 48.5 Å². The number of hydrogen-bond acceptors (Lipinski definition) is 4. The van der Waals surface area contributed by atoms with Crippen molar-refractivity contribution in [1.29, 1.82) is 0 Å². The molecule has 4 nitrogen and oxygen atoms in total. The maximum absolute atomic E-state index is 12.2. The van der Waals surface area contributed by atoms with Crippen LogP contribution in [-0.2, 0) is 16.4 Å². The average Bonchev–Trinajstić information content (AvgIpc) is 2.49. The SMILES string of the molecule is NCc1ccc(S(=O)(=O)CCOc2ccccc2Cl)cc1. The molecule has 0 amide bonds. The summed E-state index contributed by atoms with van der Waals surface area (Å²) >= 11 is 5.94. The number of benzene rings is 2. The van der Waals surface area contributed by atoms with Gasteiger partial charge in [0, 0.05) is 6.54 Å². The average molecular weight is 326 g/mol. The highest BCUT2D eigenvalue weighted by atomic mass is 35.5. The highest BCUT2D eigenvalue weighted by Gasteiger charge is 2.14. The first-order valence-corrected chi connectivity index (χ1v) is 8.45. The number of hydrogen-bond donors (Lipinski definition) is 1. The van der Waals surface area contributed by atoms with E-state index >= 15 is 0 Å². The van der Waals surface area contributed by atoms with Gasteiger partial charge in [0.05, 0.1) is 15.7 Å². The third-order valence-electron chi connectivity index (χ3n) is 2.96. The van der Waals surface area contributed by atoms with Crippen molar-refractivity contribution in [2.75, 3.05) is 12.4 Å². The molecule has 2 aromatic carbocycles. The lowest BCUT2D eigenvalue weighted by atomic mass is 10.2. The van der Waals surface area contributed by atoms with Crippen molar-refractivity contribution in [3.05, 3.63) is 59.1 Å². The lowest BCUT2D eigenvalue weighted by Crippen LogP contribution is -2.14. The van der Waals surface area contributed by atoms with Crippen molar-refractivity contribution in [3.63, 3.8) is 0 Å². The summed E-state index contributed by atoms with van der Waals surface area (Å²) in [6.45, 7) is 0.431. The van der Waals surface area contributed by atoms with Gasteiger partial charge in [-0.25, -0.2) is 8.42 Å². The molecule has 2 rings (SSSR count). The first kappa shape index (κ1) is 15.8. The number of nitrogens with two attached hydrogens (primary N) is 1.